The van der Waals surface area contributed by atoms with E-state index in [-0.39, 0.29) is 11.7 Å². The van der Waals surface area contributed by atoms with E-state index in [0.29, 0.717) is 12.2 Å². The summed E-state index contributed by atoms with van der Waals surface area (Å²) in [4.78, 5) is 1.90. The number of rotatable bonds is 3. The molecule has 1 aliphatic heterocycles. The SMILES string of the molecule is COC1CCCN(c2ccc(CO)c(C(F)(F)F)c2)C1. The van der Waals surface area contributed by atoms with Crippen molar-refractivity contribution < 1.29 is 23.0 Å². The van der Waals surface area contributed by atoms with Gasteiger partial charge in [-0.15, -0.1) is 0 Å². The van der Waals surface area contributed by atoms with E-state index >= 15 is 0 Å². The molecule has 0 amide bonds. The summed E-state index contributed by atoms with van der Waals surface area (Å²) in [6, 6.07) is 4.08. The van der Waals surface area contributed by atoms with E-state index in [2.05, 4.69) is 0 Å². The molecule has 3 nitrogen and oxygen atoms in total. The molecule has 1 N–H and O–H groups in total. The van der Waals surface area contributed by atoms with E-state index in [9.17, 15) is 13.2 Å². The van der Waals surface area contributed by atoms with Gasteiger partial charge in [0.05, 0.1) is 18.3 Å². The number of anilines is 1. The van der Waals surface area contributed by atoms with Crippen molar-refractivity contribution in [2.24, 2.45) is 0 Å². The third-order valence-corrected chi connectivity index (χ3v) is 3.65. The van der Waals surface area contributed by atoms with Gasteiger partial charge < -0.3 is 14.7 Å². The minimum absolute atomic E-state index is 0.0515. The molecule has 0 radical (unpaired) electrons. The lowest BCUT2D eigenvalue weighted by atomic mass is 10.0. The third kappa shape index (κ3) is 3.24. The van der Waals surface area contributed by atoms with Crippen molar-refractivity contribution in [2.75, 3.05) is 25.1 Å². The minimum Gasteiger partial charge on any atom is -0.392 e. The van der Waals surface area contributed by atoms with Crippen molar-refractivity contribution in [3.05, 3.63) is 29.3 Å². The summed E-state index contributed by atoms with van der Waals surface area (Å²) in [6.07, 6.45) is -2.59. The van der Waals surface area contributed by atoms with Crippen LogP contribution in [0, 0.1) is 0 Å². The quantitative estimate of drug-likeness (QED) is 0.928. The standard InChI is InChI=1S/C14H18F3NO2/c1-20-12-3-2-6-18(8-12)11-5-4-10(9-19)13(7-11)14(15,16)17/h4-5,7,12,19H,2-3,6,8-9H2,1H3. The zero-order valence-corrected chi connectivity index (χ0v) is 11.3. The summed E-state index contributed by atoms with van der Waals surface area (Å²) >= 11 is 0. The molecule has 0 spiro atoms. The van der Waals surface area contributed by atoms with Gasteiger partial charge in [0.25, 0.3) is 0 Å². The summed E-state index contributed by atoms with van der Waals surface area (Å²) in [6.45, 7) is 0.692. The maximum absolute atomic E-state index is 13.0. The summed E-state index contributed by atoms with van der Waals surface area (Å²) in [5.74, 6) is 0. The van der Waals surface area contributed by atoms with Crippen LogP contribution in [0.5, 0.6) is 0 Å². The molecule has 0 bridgehead atoms. The van der Waals surface area contributed by atoms with Crippen LogP contribution < -0.4 is 4.90 Å². The fourth-order valence-corrected chi connectivity index (χ4v) is 2.53. The van der Waals surface area contributed by atoms with Gasteiger partial charge in [-0.05, 0) is 30.5 Å². The number of nitrogens with zero attached hydrogens (tertiary/aromatic N) is 1. The lowest BCUT2D eigenvalue weighted by molar-refractivity contribution is -0.138. The van der Waals surface area contributed by atoms with Crippen LogP contribution >= 0.6 is 0 Å². The van der Waals surface area contributed by atoms with Crippen LogP contribution in [0.4, 0.5) is 18.9 Å². The van der Waals surface area contributed by atoms with Gasteiger partial charge in [0, 0.05) is 25.9 Å². The van der Waals surface area contributed by atoms with Crippen LogP contribution in [0.2, 0.25) is 0 Å². The van der Waals surface area contributed by atoms with Crippen molar-refractivity contribution >= 4 is 5.69 Å². The lowest BCUT2D eigenvalue weighted by Gasteiger charge is -2.34. The molecule has 0 saturated carbocycles. The topological polar surface area (TPSA) is 32.7 Å². The van der Waals surface area contributed by atoms with E-state index in [4.69, 9.17) is 9.84 Å². The summed E-state index contributed by atoms with van der Waals surface area (Å²) < 4.78 is 44.2. The largest absolute Gasteiger partial charge is 0.416 e. The van der Waals surface area contributed by atoms with Crippen molar-refractivity contribution in [2.45, 2.75) is 31.7 Å². The summed E-state index contributed by atoms with van der Waals surface area (Å²) in [7, 11) is 1.62. The van der Waals surface area contributed by atoms with Crippen LogP contribution in [0.15, 0.2) is 18.2 Å². The predicted molar refractivity (Wildman–Crippen MR) is 69.6 cm³/mol. The number of halogens is 3. The Morgan fingerprint density at radius 1 is 1.40 bits per heavy atom. The Morgan fingerprint density at radius 2 is 2.15 bits per heavy atom. The Balaban J connectivity index is 2.29. The summed E-state index contributed by atoms with van der Waals surface area (Å²) in [5.41, 5.74) is -0.338. The number of alkyl halides is 3. The Hall–Kier alpha value is -1.27. The summed E-state index contributed by atoms with van der Waals surface area (Å²) in [5, 5.41) is 9.03. The van der Waals surface area contributed by atoms with E-state index < -0.39 is 18.3 Å². The zero-order chi connectivity index (χ0) is 14.8. The van der Waals surface area contributed by atoms with Gasteiger partial charge >= 0.3 is 6.18 Å². The van der Waals surface area contributed by atoms with Crippen LogP contribution in [0.3, 0.4) is 0 Å². The van der Waals surface area contributed by atoms with Gasteiger partial charge in [-0.2, -0.15) is 13.2 Å². The van der Waals surface area contributed by atoms with E-state index in [1.807, 2.05) is 4.90 Å². The van der Waals surface area contributed by atoms with E-state index in [0.717, 1.165) is 25.5 Å². The Labute approximate surface area is 116 Å². The minimum atomic E-state index is -4.45. The number of aliphatic hydroxyl groups excluding tert-OH is 1. The van der Waals surface area contributed by atoms with Crippen LogP contribution in [0.1, 0.15) is 24.0 Å². The maximum atomic E-state index is 13.0. The van der Waals surface area contributed by atoms with Crippen molar-refractivity contribution in [3.63, 3.8) is 0 Å². The molecule has 1 unspecified atom stereocenters. The van der Waals surface area contributed by atoms with Gasteiger partial charge in [-0.25, -0.2) is 0 Å². The Kier molecular flexibility index (Phi) is 4.55. The normalized spacial score (nSPS) is 20.2. The highest BCUT2D eigenvalue weighted by Crippen LogP contribution is 2.35. The number of ether oxygens (including phenoxy) is 1. The Morgan fingerprint density at radius 3 is 2.75 bits per heavy atom. The van der Waals surface area contributed by atoms with Crippen LogP contribution in [-0.2, 0) is 17.5 Å². The number of benzene rings is 1. The predicted octanol–water partition coefficient (Wildman–Crippen LogP) is 2.81. The van der Waals surface area contributed by atoms with Gasteiger partial charge in [-0.3, -0.25) is 0 Å². The second kappa shape index (κ2) is 6.01. The molecular formula is C14H18F3NO2. The molecule has 1 aliphatic rings. The second-order valence-electron chi connectivity index (χ2n) is 4.94. The molecule has 1 fully saturated rings. The lowest BCUT2D eigenvalue weighted by Crippen LogP contribution is -2.39. The maximum Gasteiger partial charge on any atom is 0.416 e. The number of piperidine rings is 1. The first kappa shape index (κ1) is 15.1. The molecule has 2 rings (SSSR count). The molecule has 0 aromatic heterocycles. The Bertz CT molecular complexity index is 462. The van der Waals surface area contributed by atoms with Gasteiger partial charge in [-0.1, -0.05) is 6.07 Å². The van der Waals surface area contributed by atoms with Crippen molar-refractivity contribution in [3.8, 4) is 0 Å². The molecule has 20 heavy (non-hydrogen) atoms. The molecule has 1 atom stereocenters. The smallest absolute Gasteiger partial charge is 0.392 e. The molecular weight excluding hydrogens is 271 g/mol. The average molecular weight is 289 g/mol. The van der Waals surface area contributed by atoms with E-state index in [1.54, 1.807) is 13.2 Å². The average Bonchev–Trinajstić information content (AvgIpc) is 2.45. The fraction of sp³-hybridized carbons (Fsp3) is 0.571. The number of hydrogen-bond acceptors (Lipinski definition) is 3. The van der Waals surface area contributed by atoms with Crippen molar-refractivity contribution in [1.29, 1.82) is 0 Å². The van der Waals surface area contributed by atoms with Crippen LogP contribution in [-0.4, -0.2) is 31.4 Å². The number of aliphatic hydroxyl groups is 1. The zero-order valence-electron chi connectivity index (χ0n) is 11.3. The fourth-order valence-electron chi connectivity index (χ4n) is 2.53. The van der Waals surface area contributed by atoms with Gasteiger partial charge in [0.1, 0.15) is 0 Å². The number of methoxy groups -OCH3 is 1. The molecule has 0 aliphatic carbocycles. The number of hydrogen-bond donors (Lipinski definition) is 1. The molecule has 1 aromatic carbocycles. The highest BCUT2D eigenvalue weighted by atomic mass is 19.4. The first-order chi connectivity index (χ1) is 9.45. The molecule has 6 heteroatoms. The van der Waals surface area contributed by atoms with Gasteiger partial charge in [0.15, 0.2) is 0 Å². The highest BCUT2D eigenvalue weighted by molar-refractivity contribution is 5.52. The monoisotopic (exact) mass is 289 g/mol. The first-order valence-corrected chi connectivity index (χ1v) is 6.54. The first-order valence-electron chi connectivity index (χ1n) is 6.54. The highest BCUT2D eigenvalue weighted by Gasteiger charge is 2.34. The van der Waals surface area contributed by atoms with Crippen LogP contribution in [0.25, 0.3) is 0 Å². The van der Waals surface area contributed by atoms with Gasteiger partial charge in [0.2, 0.25) is 0 Å². The molecule has 1 aromatic rings. The molecule has 1 heterocycles. The molecule has 1 saturated heterocycles. The molecule has 112 valence electrons. The second-order valence-corrected chi connectivity index (χ2v) is 4.94. The van der Waals surface area contributed by atoms with E-state index in [1.165, 1.54) is 6.07 Å². The van der Waals surface area contributed by atoms with Crippen molar-refractivity contribution in [1.82, 2.24) is 0 Å². The third-order valence-electron chi connectivity index (χ3n) is 3.65.